The van der Waals surface area contributed by atoms with E-state index in [4.69, 9.17) is 9.47 Å². The molecule has 0 amide bonds. The number of carbonyl (C=O) groups excluding carboxylic acids is 2. The van der Waals surface area contributed by atoms with Gasteiger partial charge in [-0.3, -0.25) is 9.59 Å². The van der Waals surface area contributed by atoms with Crippen molar-refractivity contribution in [3.05, 3.63) is 71.8 Å². The summed E-state index contributed by atoms with van der Waals surface area (Å²) in [6, 6.07) is 18.8. The molecular weight excluding hydrogens is 316 g/mol. The van der Waals surface area contributed by atoms with E-state index in [-0.39, 0.29) is 11.9 Å². The summed E-state index contributed by atoms with van der Waals surface area (Å²) in [7, 11) is 0. The summed E-state index contributed by atoms with van der Waals surface area (Å²) >= 11 is 0. The van der Waals surface area contributed by atoms with Crippen LogP contribution in [-0.2, 0) is 19.1 Å². The van der Waals surface area contributed by atoms with Crippen molar-refractivity contribution in [2.75, 3.05) is 13.2 Å². The molecule has 0 radical (unpaired) electrons. The molecule has 2 atom stereocenters. The van der Waals surface area contributed by atoms with Crippen LogP contribution in [0.2, 0.25) is 0 Å². The summed E-state index contributed by atoms with van der Waals surface area (Å²) in [5.74, 6) is -1.68. The summed E-state index contributed by atoms with van der Waals surface area (Å²) < 4.78 is 10.5. The second-order valence-electron chi connectivity index (χ2n) is 5.67. The van der Waals surface area contributed by atoms with Crippen LogP contribution in [0.3, 0.4) is 0 Å². The molecule has 4 heteroatoms. The first kappa shape index (κ1) is 18.7. The Bertz CT molecular complexity index is 607. The maximum absolute atomic E-state index is 12.5. The van der Waals surface area contributed by atoms with Crippen molar-refractivity contribution < 1.29 is 19.1 Å². The lowest BCUT2D eigenvalue weighted by Crippen LogP contribution is -2.24. The van der Waals surface area contributed by atoms with Gasteiger partial charge in [0.25, 0.3) is 0 Å². The molecule has 0 aliphatic carbocycles. The van der Waals surface area contributed by atoms with Gasteiger partial charge in [0.15, 0.2) is 0 Å². The quantitative estimate of drug-likeness (QED) is 0.680. The highest BCUT2D eigenvalue weighted by atomic mass is 16.5. The first-order valence-electron chi connectivity index (χ1n) is 8.60. The SMILES string of the molecule is CCOC(=O)[C@H](C[C@@H](C(=O)OCC)c1ccccc1)c1ccccc1. The topological polar surface area (TPSA) is 52.6 Å². The van der Waals surface area contributed by atoms with Crippen molar-refractivity contribution in [2.45, 2.75) is 32.1 Å². The third kappa shape index (κ3) is 5.18. The zero-order valence-corrected chi connectivity index (χ0v) is 14.7. The average Bonchev–Trinajstić information content (AvgIpc) is 2.64. The van der Waals surface area contributed by atoms with Gasteiger partial charge in [0.1, 0.15) is 0 Å². The Balaban J connectivity index is 2.34. The maximum Gasteiger partial charge on any atom is 0.313 e. The van der Waals surface area contributed by atoms with Gasteiger partial charge in [-0.25, -0.2) is 0 Å². The Morgan fingerprint density at radius 2 is 1.08 bits per heavy atom. The third-order valence-corrected chi connectivity index (χ3v) is 4.02. The maximum atomic E-state index is 12.5. The van der Waals surface area contributed by atoms with Crippen molar-refractivity contribution in [1.29, 1.82) is 0 Å². The van der Waals surface area contributed by atoms with Crippen LogP contribution in [0, 0.1) is 0 Å². The van der Waals surface area contributed by atoms with Gasteiger partial charge in [-0.2, -0.15) is 0 Å². The van der Waals surface area contributed by atoms with Gasteiger partial charge in [0.2, 0.25) is 0 Å². The molecule has 0 aromatic heterocycles. The predicted octanol–water partition coefficient (Wildman–Crippen LogP) is 4.07. The van der Waals surface area contributed by atoms with Gasteiger partial charge < -0.3 is 9.47 Å². The number of ether oxygens (including phenoxy) is 2. The first-order valence-corrected chi connectivity index (χ1v) is 8.60. The van der Waals surface area contributed by atoms with Crippen LogP contribution >= 0.6 is 0 Å². The van der Waals surface area contributed by atoms with E-state index in [1.165, 1.54) is 0 Å². The summed E-state index contributed by atoms with van der Waals surface area (Å²) in [6.45, 7) is 4.16. The van der Waals surface area contributed by atoms with Crippen LogP contribution in [0.25, 0.3) is 0 Å². The number of hydrogen-bond acceptors (Lipinski definition) is 4. The van der Waals surface area contributed by atoms with Gasteiger partial charge in [-0.15, -0.1) is 0 Å². The van der Waals surface area contributed by atoms with Crippen molar-refractivity contribution in [3.8, 4) is 0 Å². The van der Waals surface area contributed by atoms with E-state index < -0.39 is 11.8 Å². The molecule has 25 heavy (non-hydrogen) atoms. The van der Waals surface area contributed by atoms with Crippen LogP contribution in [0.1, 0.15) is 43.2 Å². The first-order chi connectivity index (χ1) is 12.2. The number of esters is 2. The molecule has 2 aromatic rings. The molecule has 0 aliphatic rings. The van der Waals surface area contributed by atoms with E-state index in [1.807, 2.05) is 60.7 Å². The Hall–Kier alpha value is -2.62. The fourth-order valence-electron chi connectivity index (χ4n) is 2.83. The van der Waals surface area contributed by atoms with Crippen molar-refractivity contribution >= 4 is 11.9 Å². The third-order valence-electron chi connectivity index (χ3n) is 4.02. The van der Waals surface area contributed by atoms with E-state index in [1.54, 1.807) is 13.8 Å². The lowest BCUT2D eigenvalue weighted by Gasteiger charge is -2.22. The molecule has 0 saturated carbocycles. The molecule has 0 spiro atoms. The summed E-state index contributed by atoms with van der Waals surface area (Å²) in [5, 5.41) is 0. The highest BCUT2D eigenvalue weighted by molar-refractivity contribution is 5.82. The molecular formula is C21H24O4. The molecule has 2 aromatic carbocycles. The number of benzene rings is 2. The summed E-state index contributed by atoms with van der Waals surface area (Å²) in [5.41, 5.74) is 1.68. The van der Waals surface area contributed by atoms with E-state index in [0.29, 0.717) is 19.6 Å². The number of carbonyl (C=O) groups is 2. The van der Waals surface area contributed by atoms with Crippen LogP contribution in [-0.4, -0.2) is 25.2 Å². The van der Waals surface area contributed by atoms with E-state index in [9.17, 15) is 9.59 Å². The summed E-state index contributed by atoms with van der Waals surface area (Å²) in [4.78, 5) is 25.0. The fourth-order valence-corrected chi connectivity index (χ4v) is 2.83. The summed E-state index contributed by atoms with van der Waals surface area (Å²) in [6.07, 6.45) is 0.311. The van der Waals surface area contributed by atoms with E-state index in [2.05, 4.69) is 0 Å². The standard InChI is InChI=1S/C21H24O4/c1-3-24-20(22)18(16-11-7-5-8-12-16)15-19(21(23)25-4-2)17-13-9-6-10-14-17/h5-14,18-19H,3-4,15H2,1-2H3/t18-,19-/m1/s1. The number of rotatable bonds is 8. The van der Waals surface area contributed by atoms with Crippen LogP contribution < -0.4 is 0 Å². The molecule has 0 bridgehead atoms. The molecule has 4 nitrogen and oxygen atoms in total. The monoisotopic (exact) mass is 340 g/mol. The van der Waals surface area contributed by atoms with Crippen molar-refractivity contribution in [1.82, 2.24) is 0 Å². The Morgan fingerprint density at radius 3 is 1.40 bits per heavy atom. The van der Waals surface area contributed by atoms with Gasteiger partial charge in [0, 0.05) is 0 Å². The molecule has 2 rings (SSSR count). The Morgan fingerprint density at radius 1 is 0.720 bits per heavy atom. The molecule has 132 valence electrons. The minimum absolute atomic E-state index is 0.303. The minimum atomic E-state index is -0.518. The van der Waals surface area contributed by atoms with Crippen molar-refractivity contribution in [3.63, 3.8) is 0 Å². The molecule has 0 heterocycles. The van der Waals surface area contributed by atoms with Gasteiger partial charge in [0.05, 0.1) is 25.0 Å². The van der Waals surface area contributed by atoms with E-state index >= 15 is 0 Å². The largest absolute Gasteiger partial charge is 0.466 e. The molecule has 0 fully saturated rings. The molecule has 0 N–H and O–H groups in total. The van der Waals surface area contributed by atoms with Gasteiger partial charge in [-0.1, -0.05) is 60.7 Å². The lowest BCUT2D eigenvalue weighted by molar-refractivity contribution is -0.147. The van der Waals surface area contributed by atoms with Gasteiger partial charge in [-0.05, 0) is 31.4 Å². The minimum Gasteiger partial charge on any atom is -0.466 e. The highest BCUT2D eigenvalue weighted by Gasteiger charge is 2.31. The molecule has 0 aliphatic heterocycles. The van der Waals surface area contributed by atoms with Crippen LogP contribution in [0.5, 0.6) is 0 Å². The van der Waals surface area contributed by atoms with Crippen LogP contribution in [0.4, 0.5) is 0 Å². The lowest BCUT2D eigenvalue weighted by atomic mass is 9.85. The second kappa shape index (κ2) is 9.62. The van der Waals surface area contributed by atoms with Gasteiger partial charge >= 0.3 is 11.9 Å². The second-order valence-corrected chi connectivity index (χ2v) is 5.67. The smallest absolute Gasteiger partial charge is 0.313 e. The zero-order valence-electron chi connectivity index (χ0n) is 14.7. The highest BCUT2D eigenvalue weighted by Crippen LogP contribution is 2.32. The molecule has 0 unspecified atom stereocenters. The average molecular weight is 340 g/mol. The van der Waals surface area contributed by atoms with Crippen molar-refractivity contribution in [2.24, 2.45) is 0 Å². The fraction of sp³-hybridized carbons (Fsp3) is 0.333. The Kier molecular flexibility index (Phi) is 7.20. The number of hydrogen-bond donors (Lipinski definition) is 0. The zero-order chi connectivity index (χ0) is 18.1. The Labute approximate surface area is 148 Å². The van der Waals surface area contributed by atoms with Crippen LogP contribution in [0.15, 0.2) is 60.7 Å². The normalized spacial score (nSPS) is 12.9. The van der Waals surface area contributed by atoms with E-state index in [0.717, 1.165) is 11.1 Å². The molecule has 0 saturated heterocycles. The predicted molar refractivity (Wildman–Crippen MR) is 96.2 cm³/mol.